The number of hydrogen-bond donors (Lipinski definition) is 0. The first-order chi connectivity index (χ1) is 35.9. The number of carbonyl (C=O) groups is 2. The van der Waals surface area contributed by atoms with Gasteiger partial charge in [-0.2, -0.15) is 8.61 Å². The maximum atomic E-state index is 13.2. The monoisotopic (exact) mass is 1120 g/mol. The number of amides is 2. The molecule has 18 nitrogen and oxygen atoms in total. The summed E-state index contributed by atoms with van der Waals surface area (Å²) in [5.41, 5.74) is 2.55. The van der Waals surface area contributed by atoms with E-state index in [0.717, 1.165) is 90.9 Å². The second-order valence-electron chi connectivity index (χ2n) is 22.2. The molecule has 2 aliphatic carbocycles. The Kier molecular flexibility index (Phi) is 26.1. The summed E-state index contributed by atoms with van der Waals surface area (Å²) in [5, 5.41) is 0. The third-order valence-electron chi connectivity index (χ3n) is 16.5. The first-order valence-corrected chi connectivity index (χ1v) is 30.6. The van der Waals surface area contributed by atoms with Gasteiger partial charge in [-0.1, -0.05) is 7.43 Å². The third kappa shape index (κ3) is 17.8. The Balaban J connectivity index is 0.000000328. The zero-order valence-electron chi connectivity index (χ0n) is 48.8. The van der Waals surface area contributed by atoms with Crippen LogP contribution in [0, 0.1) is 27.7 Å². The minimum atomic E-state index is -3.69. The Labute approximate surface area is 465 Å². The normalized spacial score (nSPS) is 21.4. The van der Waals surface area contributed by atoms with Crippen molar-refractivity contribution in [1.29, 1.82) is 0 Å². The van der Waals surface area contributed by atoms with Crippen molar-refractivity contribution < 1.29 is 45.4 Å². The van der Waals surface area contributed by atoms with Crippen LogP contribution in [0.1, 0.15) is 109 Å². The minimum Gasteiger partial charge on any atom is -0.497 e. The molecule has 0 aromatic heterocycles. The van der Waals surface area contributed by atoms with E-state index in [-0.39, 0.29) is 80.6 Å². The fourth-order valence-corrected chi connectivity index (χ4v) is 14.7. The number of hydrogen-bond acceptors (Lipinski definition) is 14. The smallest absolute Gasteiger partial charge is 0.248 e. The molecule has 440 valence electrons. The summed E-state index contributed by atoms with van der Waals surface area (Å²) in [6.07, 6.45) is 8.71. The molecule has 2 heterocycles. The second-order valence-corrected chi connectivity index (χ2v) is 26.2. The van der Waals surface area contributed by atoms with E-state index in [1.807, 2.05) is 23.9 Å². The van der Waals surface area contributed by atoms with Crippen molar-refractivity contribution in [2.24, 2.45) is 0 Å². The van der Waals surface area contributed by atoms with Crippen molar-refractivity contribution in [3.8, 4) is 11.5 Å². The number of rotatable bonds is 22. The van der Waals surface area contributed by atoms with E-state index in [1.54, 1.807) is 80.3 Å². The van der Waals surface area contributed by atoms with Crippen LogP contribution in [0.3, 0.4) is 0 Å². The molecule has 2 aromatic rings. The zero-order valence-corrected chi connectivity index (χ0v) is 50.4. The number of carbonyl (C=O) groups excluding carboxylic acids is 2. The number of piperazine rings is 2. The van der Waals surface area contributed by atoms with E-state index >= 15 is 0 Å². The summed E-state index contributed by atoms with van der Waals surface area (Å²) in [6, 6.07) is 9.58. The van der Waals surface area contributed by atoms with Gasteiger partial charge in [0.25, 0.3) is 0 Å². The first-order valence-electron chi connectivity index (χ1n) is 27.8. The van der Waals surface area contributed by atoms with Crippen molar-refractivity contribution >= 4 is 31.9 Å². The van der Waals surface area contributed by atoms with Crippen molar-refractivity contribution in [2.75, 3.05) is 134 Å². The molecular formula is C57H100N8O10S2. The van der Waals surface area contributed by atoms with Gasteiger partial charge in [-0.25, -0.2) is 16.8 Å². The average molecular weight is 1120 g/mol. The van der Waals surface area contributed by atoms with E-state index in [1.165, 1.54) is 21.5 Å². The van der Waals surface area contributed by atoms with Gasteiger partial charge < -0.3 is 28.7 Å². The Morgan fingerprint density at radius 3 is 1.14 bits per heavy atom. The molecule has 0 spiro atoms. The Bertz CT molecular complexity index is 2200. The fourth-order valence-electron chi connectivity index (χ4n) is 11.6. The van der Waals surface area contributed by atoms with Gasteiger partial charge in [0.15, 0.2) is 0 Å². The van der Waals surface area contributed by atoms with Crippen molar-refractivity contribution in [3.63, 3.8) is 0 Å². The number of sulfonamides is 2. The molecule has 0 radical (unpaired) electrons. The lowest BCUT2D eigenvalue weighted by Gasteiger charge is -2.44. The van der Waals surface area contributed by atoms with Gasteiger partial charge in [0, 0.05) is 130 Å². The number of nitrogens with zero attached hydrogens (tertiary/aromatic N) is 8. The molecule has 4 fully saturated rings. The third-order valence-corrected chi connectivity index (χ3v) is 20.9. The highest BCUT2D eigenvalue weighted by atomic mass is 32.2. The topological polar surface area (TPSA) is 165 Å². The number of benzene rings is 2. The summed E-state index contributed by atoms with van der Waals surface area (Å²) < 4.78 is 77.1. The summed E-state index contributed by atoms with van der Waals surface area (Å²) in [4.78, 5) is 40.3. The lowest BCUT2D eigenvalue weighted by Crippen LogP contribution is -2.54. The molecular weight excluding hydrogens is 1020 g/mol. The summed E-state index contributed by atoms with van der Waals surface area (Å²) in [6.45, 7) is 25.5. The average Bonchev–Trinajstić information content (AvgIpc) is 3.39. The van der Waals surface area contributed by atoms with Gasteiger partial charge in [-0.15, -0.1) is 0 Å². The lowest BCUT2D eigenvalue weighted by molar-refractivity contribution is -0.138. The molecule has 6 rings (SSSR count). The number of ether oxygens (including phenoxy) is 4. The van der Waals surface area contributed by atoms with E-state index in [0.29, 0.717) is 57.9 Å². The summed E-state index contributed by atoms with van der Waals surface area (Å²) >= 11 is 0. The van der Waals surface area contributed by atoms with Crippen molar-refractivity contribution in [3.05, 3.63) is 46.5 Å². The maximum absolute atomic E-state index is 13.2. The first kappa shape index (κ1) is 66.1. The Morgan fingerprint density at radius 2 is 0.857 bits per heavy atom. The van der Waals surface area contributed by atoms with Crippen molar-refractivity contribution in [1.82, 2.24) is 38.0 Å². The molecule has 4 atom stereocenters. The Hall–Kier alpha value is -3.44. The number of likely N-dealkylation sites (N-methyl/N-ethyl adjacent to an activating group) is 4. The molecule has 2 saturated heterocycles. The highest BCUT2D eigenvalue weighted by Gasteiger charge is 2.35. The van der Waals surface area contributed by atoms with Gasteiger partial charge in [-0.05, 0) is 153 Å². The highest BCUT2D eigenvalue weighted by molar-refractivity contribution is 7.89. The SMILES string of the molecule is C.COc1cc(C)c(S(=O)(=O)N(C)CCOCC(=O)N(C)[C@@H]2CCC[C@@H](N3CCN(C(C)C)CC3)C2)c(C)c1.COc1cc(C)c(S(=O)(=O)N(C)CCOCC(=O)N(C)[C@H]2CCC[C@H](N3CCN(C(C)C)CC3)C2)c(C)c1. The van der Waals surface area contributed by atoms with Crippen LogP contribution in [0.15, 0.2) is 34.1 Å². The van der Waals surface area contributed by atoms with E-state index in [2.05, 4.69) is 47.3 Å². The quantitative estimate of drug-likeness (QED) is 0.124. The molecule has 2 amide bonds. The van der Waals surface area contributed by atoms with Gasteiger partial charge in [0.05, 0.1) is 37.2 Å². The van der Waals surface area contributed by atoms with Crippen molar-refractivity contribution in [2.45, 2.75) is 160 Å². The summed E-state index contributed by atoms with van der Waals surface area (Å²) in [7, 11) is 2.58. The van der Waals surface area contributed by atoms with Crippen LogP contribution < -0.4 is 9.47 Å². The van der Waals surface area contributed by atoms with Gasteiger partial charge in [0.1, 0.15) is 24.7 Å². The molecule has 4 aliphatic rings. The molecule has 20 heteroatoms. The van der Waals surface area contributed by atoms with Gasteiger partial charge in [-0.3, -0.25) is 29.2 Å². The van der Waals surface area contributed by atoms with E-state index in [4.69, 9.17) is 18.9 Å². The molecule has 2 saturated carbocycles. The molecule has 77 heavy (non-hydrogen) atoms. The van der Waals surface area contributed by atoms with Crippen LogP contribution in [-0.2, 0) is 39.1 Å². The van der Waals surface area contributed by atoms with Crippen LogP contribution in [0.4, 0.5) is 0 Å². The number of methoxy groups -OCH3 is 2. The van der Waals surface area contributed by atoms with Crippen LogP contribution in [-0.4, -0.2) is 237 Å². The number of aryl methyl sites for hydroxylation is 4. The predicted octanol–water partition coefficient (Wildman–Crippen LogP) is 6.13. The van der Waals surface area contributed by atoms with Gasteiger partial charge >= 0.3 is 0 Å². The Morgan fingerprint density at radius 1 is 0.545 bits per heavy atom. The second kappa shape index (κ2) is 30.4. The molecule has 2 aliphatic heterocycles. The minimum absolute atomic E-state index is 0. The lowest BCUT2D eigenvalue weighted by atomic mass is 9.88. The van der Waals surface area contributed by atoms with E-state index < -0.39 is 20.0 Å². The van der Waals surface area contributed by atoms with Gasteiger partial charge in [0.2, 0.25) is 31.9 Å². The molecule has 0 unspecified atom stereocenters. The molecule has 0 bridgehead atoms. The summed E-state index contributed by atoms with van der Waals surface area (Å²) in [5.74, 6) is 1.16. The maximum Gasteiger partial charge on any atom is 0.248 e. The molecule has 2 aromatic carbocycles. The standard InChI is InChI=1S/2C28H48N4O5S.CH4/c2*1-21(2)31-11-13-32(14-12-31)25-10-8-9-24(19-25)30(6)27(33)20-37-16-15-29(5)38(34,35)28-22(3)17-26(36-7)18-23(28)4;/h2*17-18,21,24-25H,8-16,19-20H2,1-7H3;1H4/t2*24-,25-;/m10./s1. The van der Waals surface area contributed by atoms with Crippen LogP contribution in [0.2, 0.25) is 0 Å². The predicted molar refractivity (Wildman–Crippen MR) is 307 cm³/mol. The fraction of sp³-hybridized carbons (Fsp3) is 0.754. The zero-order chi connectivity index (χ0) is 56.1. The van der Waals surface area contributed by atoms with Crippen LogP contribution >= 0.6 is 0 Å². The van der Waals surface area contributed by atoms with E-state index in [9.17, 15) is 26.4 Å². The highest BCUT2D eigenvalue weighted by Crippen LogP contribution is 2.31. The van der Waals surface area contributed by atoms with Crippen LogP contribution in [0.25, 0.3) is 0 Å². The molecule has 0 N–H and O–H groups in total. The van der Waals surface area contributed by atoms with Crippen LogP contribution in [0.5, 0.6) is 11.5 Å². The largest absolute Gasteiger partial charge is 0.497 e.